The van der Waals surface area contributed by atoms with Crippen LogP contribution in [-0.4, -0.2) is 25.5 Å². The molecule has 0 bridgehead atoms. The van der Waals surface area contributed by atoms with Crippen molar-refractivity contribution in [3.05, 3.63) is 75.9 Å². The van der Waals surface area contributed by atoms with Crippen LogP contribution < -0.4 is 10.4 Å². The number of carbonyl (C=O) groups excluding carboxylic acids is 2. The highest BCUT2D eigenvalue weighted by Gasteiger charge is 2.18. The molecule has 1 heterocycles. The molecule has 0 N–H and O–H groups in total. The maximum Gasteiger partial charge on any atom is 0.351 e. The van der Waals surface area contributed by atoms with Gasteiger partial charge in [-0.3, -0.25) is 4.79 Å². The Morgan fingerprint density at radius 3 is 2.54 bits per heavy atom. The monoisotopic (exact) mass is 356 g/mol. The van der Waals surface area contributed by atoms with E-state index >= 15 is 0 Å². The van der Waals surface area contributed by atoms with Crippen molar-refractivity contribution in [1.29, 1.82) is 0 Å². The van der Waals surface area contributed by atoms with Gasteiger partial charge in [0.2, 0.25) is 0 Å². The Morgan fingerprint density at radius 1 is 1.12 bits per heavy atom. The second kappa shape index (κ2) is 7.18. The number of hydrogen-bond acceptors (Lipinski definition) is 6. The highest BCUT2D eigenvalue weighted by molar-refractivity contribution is 6.00. The fraction of sp³-hybridized carbons (Fsp3) is 0.105. The number of halogens is 1. The number of para-hydroxylation sites is 1. The predicted octanol–water partition coefficient (Wildman–Crippen LogP) is 2.98. The van der Waals surface area contributed by atoms with Crippen LogP contribution in [0.4, 0.5) is 4.39 Å². The van der Waals surface area contributed by atoms with Gasteiger partial charge in [0.15, 0.2) is 23.7 Å². The van der Waals surface area contributed by atoms with E-state index in [1.807, 2.05) is 0 Å². The van der Waals surface area contributed by atoms with E-state index in [0.29, 0.717) is 11.1 Å². The Kier molecular flexibility index (Phi) is 4.79. The summed E-state index contributed by atoms with van der Waals surface area (Å²) in [6.07, 6.45) is 0. The van der Waals surface area contributed by atoms with E-state index < -0.39 is 29.8 Å². The summed E-state index contributed by atoms with van der Waals surface area (Å²) in [4.78, 5) is 36.1. The zero-order valence-corrected chi connectivity index (χ0v) is 13.7. The molecule has 0 saturated carbocycles. The molecule has 2 aromatic carbocycles. The molecule has 7 heteroatoms. The van der Waals surface area contributed by atoms with Gasteiger partial charge in [0, 0.05) is 10.9 Å². The summed E-state index contributed by atoms with van der Waals surface area (Å²) in [6, 6.07) is 11.1. The Hall–Kier alpha value is -3.48. The summed E-state index contributed by atoms with van der Waals surface area (Å²) in [5.41, 5.74) is -0.840. The first-order valence-corrected chi connectivity index (χ1v) is 7.56. The lowest BCUT2D eigenvalue weighted by Crippen LogP contribution is -2.20. The SMILES string of the molecule is COc1cccc2cc(C(=O)OCC(=O)c3ccc(F)cc3)c(=O)oc12. The highest BCUT2D eigenvalue weighted by atomic mass is 19.1. The van der Waals surface area contributed by atoms with Crippen LogP contribution >= 0.6 is 0 Å². The normalized spacial score (nSPS) is 10.5. The minimum absolute atomic E-state index is 0.189. The molecule has 6 nitrogen and oxygen atoms in total. The van der Waals surface area contributed by atoms with E-state index in [1.165, 1.54) is 25.3 Å². The van der Waals surface area contributed by atoms with Gasteiger partial charge in [-0.25, -0.2) is 14.0 Å². The van der Waals surface area contributed by atoms with Crippen molar-refractivity contribution in [3.63, 3.8) is 0 Å². The van der Waals surface area contributed by atoms with Gasteiger partial charge in [-0.15, -0.1) is 0 Å². The number of esters is 1. The molecule has 0 aliphatic heterocycles. The third-order valence-corrected chi connectivity index (χ3v) is 3.66. The van der Waals surface area contributed by atoms with Gasteiger partial charge in [-0.05, 0) is 36.4 Å². The summed E-state index contributed by atoms with van der Waals surface area (Å²) in [7, 11) is 1.43. The summed E-state index contributed by atoms with van der Waals surface area (Å²) < 4.78 is 28.0. The van der Waals surface area contributed by atoms with Crippen molar-refractivity contribution < 1.29 is 27.9 Å². The lowest BCUT2D eigenvalue weighted by atomic mass is 10.1. The number of ether oxygens (including phenoxy) is 2. The Morgan fingerprint density at radius 2 is 1.85 bits per heavy atom. The first kappa shape index (κ1) is 17.3. The minimum atomic E-state index is -0.987. The standard InChI is InChI=1S/C19H13FO6/c1-24-16-4-2-3-12-9-14(19(23)26-17(12)16)18(22)25-10-15(21)11-5-7-13(20)8-6-11/h2-9H,10H2,1H3. The Labute approximate surface area is 146 Å². The zero-order chi connectivity index (χ0) is 18.7. The summed E-state index contributed by atoms with van der Waals surface area (Å²) >= 11 is 0. The zero-order valence-electron chi connectivity index (χ0n) is 13.7. The van der Waals surface area contributed by atoms with Crippen molar-refractivity contribution >= 4 is 22.7 Å². The van der Waals surface area contributed by atoms with Gasteiger partial charge in [0.1, 0.15) is 11.4 Å². The predicted molar refractivity (Wildman–Crippen MR) is 90.0 cm³/mol. The number of fused-ring (bicyclic) bond motifs is 1. The maximum atomic E-state index is 12.9. The molecule has 0 atom stereocenters. The molecule has 0 fully saturated rings. The Bertz CT molecular complexity index is 1040. The lowest BCUT2D eigenvalue weighted by molar-refractivity contribution is 0.0470. The highest BCUT2D eigenvalue weighted by Crippen LogP contribution is 2.24. The second-order valence-electron chi connectivity index (χ2n) is 5.33. The largest absolute Gasteiger partial charge is 0.493 e. The van der Waals surface area contributed by atoms with Crippen LogP contribution in [0.1, 0.15) is 20.7 Å². The number of hydrogen-bond donors (Lipinski definition) is 0. The van der Waals surface area contributed by atoms with Gasteiger partial charge in [0.25, 0.3) is 0 Å². The van der Waals surface area contributed by atoms with Crippen LogP contribution in [0.2, 0.25) is 0 Å². The molecule has 0 amide bonds. The Balaban J connectivity index is 1.79. The van der Waals surface area contributed by atoms with E-state index in [4.69, 9.17) is 13.9 Å². The van der Waals surface area contributed by atoms with E-state index in [-0.39, 0.29) is 16.7 Å². The quantitative estimate of drug-likeness (QED) is 0.397. The fourth-order valence-corrected chi connectivity index (χ4v) is 2.35. The van der Waals surface area contributed by atoms with Crippen LogP contribution in [0.25, 0.3) is 11.0 Å². The van der Waals surface area contributed by atoms with Crippen molar-refractivity contribution in [2.24, 2.45) is 0 Å². The molecule has 26 heavy (non-hydrogen) atoms. The van der Waals surface area contributed by atoms with Crippen molar-refractivity contribution in [1.82, 2.24) is 0 Å². The minimum Gasteiger partial charge on any atom is -0.493 e. The topological polar surface area (TPSA) is 82.8 Å². The molecular weight excluding hydrogens is 343 g/mol. The van der Waals surface area contributed by atoms with Gasteiger partial charge in [-0.2, -0.15) is 0 Å². The van der Waals surface area contributed by atoms with E-state index in [0.717, 1.165) is 12.1 Å². The molecule has 3 aromatic rings. The number of benzene rings is 2. The average Bonchev–Trinajstić information content (AvgIpc) is 2.65. The van der Waals surface area contributed by atoms with Gasteiger partial charge >= 0.3 is 11.6 Å². The van der Waals surface area contributed by atoms with Crippen molar-refractivity contribution in [2.75, 3.05) is 13.7 Å². The molecule has 132 valence electrons. The van der Waals surface area contributed by atoms with Crippen molar-refractivity contribution in [3.8, 4) is 5.75 Å². The van der Waals surface area contributed by atoms with Crippen LogP contribution in [0.5, 0.6) is 5.75 Å². The van der Waals surface area contributed by atoms with E-state index in [1.54, 1.807) is 18.2 Å². The molecule has 0 aliphatic rings. The fourth-order valence-electron chi connectivity index (χ4n) is 2.35. The molecular formula is C19H13FO6. The molecule has 0 aliphatic carbocycles. The lowest BCUT2D eigenvalue weighted by Gasteiger charge is -2.06. The van der Waals surface area contributed by atoms with Gasteiger partial charge in [0.05, 0.1) is 7.11 Å². The molecule has 0 radical (unpaired) electrons. The number of ketones is 1. The molecule has 0 unspecified atom stereocenters. The first-order chi connectivity index (χ1) is 12.5. The van der Waals surface area contributed by atoms with Crippen LogP contribution in [0.15, 0.2) is 57.7 Å². The second-order valence-corrected chi connectivity index (χ2v) is 5.33. The van der Waals surface area contributed by atoms with Crippen LogP contribution in [0, 0.1) is 5.82 Å². The third-order valence-electron chi connectivity index (χ3n) is 3.66. The smallest absolute Gasteiger partial charge is 0.351 e. The number of carbonyl (C=O) groups is 2. The molecule has 0 saturated heterocycles. The van der Waals surface area contributed by atoms with Gasteiger partial charge < -0.3 is 13.9 Å². The third kappa shape index (κ3) is 3.46. The summed E-state index contributed by atoms with van der Waals surface area (Å²) in [5.74, 6) is -1.64. The average molecular weight is 356 g/mol. The molecule has 3 rings (SSSR count). The van der Waals surface area contributed by atoms with E-state index in [2.05, 4.69) is 0 Å². The van der Waals surface area contributed by atoms with Crippen LogP contribution in [-0.2, 0) is 4.74 Å². The number of rotatable bonds is 5. The maximum absolute atomic E-state index is 12.9. The first-order valence-electron chi connectivity index (χ1n) is 7.56. The van der Waals surface area contributed by atoms with Crippen LogP contribution in [0.3, 0.4) is 0 Å². The molecule has 1 aromatic heterocycles. The molecule has 0 spiro atoms. The number of Topliss-reactive ketones (excluding diaryl/α,β-unsaturated/α-hetero) is 1. The van der Waals surface area contributed by atoms with Crippen molar-refractivity contribution in [2.45, 2.75) is 0 Å². The number of methoxy groups -OCH3 is 1. The van der Waals surface area contributed by atoms with Gasteiger partial charge in [-0.1, -0.05) is 12.1 Å². The van der Waals surface area contributed by atoms with E-state index in [9.17, 15) is 18.8 Å². The summed E-state index contributed by atoms with van der Waals surface area (Å²) in [5, 5.41) is 0.473. The summed E-state index contributed by atoms with van der Waals surface area (Å²) in [6.45, 7) is -0.583.